The Balaban J connectivity index is 1.74. The summed E-state index contributed by atoms with van der Waals surface area (Å²) in [5.74, 6) is 2.47. The Morgan fingerprint density at radius 1 is 1.28 bits per heavy atom. The Kier molecular flexibility index (Phi) is 4.33. The highest BCUT2D eigenvalue weighted by Crippen LogP contribution is 2.28. The standard InChI is InChI=1S/C18H21N5O2/c1-12-15(20-16(19-12)13-5-3-2-4-6-13)18-21-17(14-7-10-25-11-14)22-23(18)8-9-24/h2-6,14,24H,7-11H2,1H3,(H,19,20). The summed E-state index contributed by atoms with van der Waals surface area (Å²) >= 11 is 0. The van der Waals surface area contributed by atoms with Crippen molar-refractivity contribution < 1.29 is 9.84 Å². The van der Waals surface area contributed by atoms with E-state index in [0.29, 0.717) is 19.0 Å². The lowest BCUT2D eigenvalue weighted by Gasteiger charge is -2.01. The summed E-state index contributed by atoms with van der Waals surface area (Å²) in [6.07, 6.45) is 0.928. The third-order valence-corrected chi connectivity index (χ3v) is 4.44. The number of ether oxygens (including phenoxy) is 1. The van der Waals surface area contributed by atoms with Crippen LogP contribution in [0.3, 0.4) is 0 Å². The van der Waals surface area contributed by atoms with Crippen molar-refractivity contribution >= 4 is 0 Å². The molecule has 3 heterocycles. The fourth-order valence-corrected chi connectivity index (χ4v) is 3.11. The topological polar surface area (TPSA) is 88.9 Å². The van der Waals surface area contributed by atoms with Crippen LogP contribution in [0.15, 0.2) is 30.3 Å². The molecule has 1 saturated heterocycles. The molecule has 0 bridgehead atoms. The number of nitrogens with one attached hydrogen (secondary N) is 1. The Bertz CT molecular complexity index is 850. The molecule has 25 heavy (non-hydrogen) atoms. The fraction of sp³-hybridized carbons (Fsp3) is 0.389. The molecule has 130 valence electrons. The molecule has 1 aromatic carbocycles. The minimum Gasteiger partial charge on any atom is -0.394 e. The van der Waals surface area contributed by atoms with Crippen LogP contribution in [0.25, 0.3) is 22.9 Å². The van der Waals surface area contributed by atoms with Crippen molar-refractivity contribution in [1.29, 1.82) is 0 Å². The van der Waals surface area contributed by atoms with Gasteiger partial charge in [0.15, 0.2) is 11.6 Å². The zero-order chi connectivity index (χ0) is 17.2. The lowest BCUT2D eigenvalue weighted by Crippen LogP contribution is -2.07. The molecule has 0 aliphatic carbocycles. The fourth-order valence-electron chi connectivity index (χ4n) is 3.11. The van der Waals surface area contributed by atoms with Crippen LogP contribution in [0.2, 0.25) is 0 Å². The first kappa shape index (κ1) is 16.0. The maximum absolute atomic E-state index is 9.38. The third kappa shape index (κ3) is 3.08. The number of aromatic nitrogens is 5. The highest BCUT2D eigenvalue weighted by Gasteiger charge is 2.25. The molecule has 1 aliphatic heterocycles. The van der Waals surface area contributed by atoms with Gasteiger partial charge in [0.2, 0.25) is 0 Å². The maximum Gasteiger partial charge on any atom is 0.179 e. The van der Waals surface area contributed by atoms with Gasteiger partial charge in [0.05, 0.1) is 19.8 Å². The third-order valence-electron chi connectivity index (χ3n) is 4.44. The zero-order valence-corrected chi connectivity index (χ0v) is 14.1. The molecule has 1 unspecified atom stereocenters. The SMILES string of the molecule is Cc1[nH]c(-c2ccccc2)nc1-c1nc(C2CCOC2)nn1CCO. The predicted octanol–water partition coefficient (Wildman–Crippen LogP) is 2.14. The quantitative estimate of drug-likeness (QED) is 0.743. The summed E-state index contributed by atoms with van der Waals surface area (Å²) in [5.41, 5.74) is 2.72. The number of benzene rings is 1. The van der Waals surface area contributed by atoms with Crippen molar-refractivity contribution in [3.8, 4) is 22.9 Å². The van der Waals surface area contributed by atoms with Gasteiger partial charge >= 0.3 is 0 Å². The van der Waals surface area contributed by atoms with Gasteiger partial charge in [-0.1, -0.05) is 30.3 Å². The molecule has 1 atom stereocenters. The van der Waals surface area contributed by atoms with Crippen molar-refractivity contribution in [3.63, 3.8) is 0 Å². The highest BCUT2D eigenvalue weighted by atomic mass is 16.5. The molecule has 0 amide bonds. The molecule has 0 saturated carbocycles. The molecule has 0 spiro atoms. The molecule has 7 heteroatoms. The van der Waals surface area contributed by atoms with E-state index in [-0.39, 0.29) is 12.5 Å². The summed E-state index contributed by atoms with van der Waals surface area (Å²) in [7, 11) is 0. The number of imidazole rings is 1. The number of H-pyrrole nitrogens is 1. The number of rotatable bonds is 5. The van der Waals surface area contributed by atoms with Crippen LogP contribution in [0.5, 0.6) is 0 Å². The summed E-state index contributed by atoms with van der Waals surface area (Å²) in [4.78, 5) is 12.8. The Morgan fingerprint density at radius 3 is 2.84 bits per heavy atom. The number of aromatic amines is 1. The second-order valence-electron chi connectivity index (χ2n) is 6.23. The Hall–Kier alpha value is -2.51. The summed E-state index contributed by atoms with van der Waals surface area (Å²) < 4.78 is 7.19. The van der Waals surface area contributed by atoms with Crippen LogP contribution < -0.4 is 0 Å². The molecule has 7 nitrogen and oxygen atoms in total. The molecule has 2 N–H and O–H groups in total. The number of aliphatic hydroxyl groups is 1. The van der Waals surface area contributed by atoms with E-state index < -0.39 is 0 Å². The lowest BCUT2D eigenvalue weighted by molar-refractivity contribution is 0.193. The van der Waals surface area contributed by atoms with Gasteiger partial charge in [-0.25, -0.2) is 14.6 Å². The molecule has 0 radical (unpaired) electrons. The van der Waals surface area contributed by atoms with Crippen molar-refractivity contribution in [1.82, 2.24) is 24.7 Å². The van der Waals surface area contributed by atoms with E-state index in [9.17, 15) is 5.11 Å². The van der Waals surface area contributed by atoms with Crippen LogP contribution in [0, 0.1) is 6.92 Å². The molecule has 1 aliphatic rings. The van der Waals surface area contributed by atoms with E-state index in [2.05, 4.69) is 10.1 Å². The summed E-state index contributed by atoms with van der Waals surface area (Å²) in [6.45, 7) is 3.77. The van der Waals surface area contributed by atoms with Crippen molar-refractivity contribution in [2.75, 3.05) is 19.8 Å². The van der Waals surface area contributed by atoms with Crippen molar-refractivity contribution in [3.05, 3.63) is 41.9 Å². The number of aryl methyl sites for hydroxylation is 1. The second-order valence-corrected chi connectivity index (χ2v) is 6.23. The lowest BCUT2D eigenvalue weighted by atomic mass is 10.1. The number of aliphatic hydroxyl groups excluding tert-OH is 1. The van der Waals surface area contributed by atoms with E-state index in [1.165, 1.54) is 0 Å². The summed E-state index contributed by atoms with van der Waals surface area (Å²) in [6, 6.07) is 9.98. The van der Waals surface area contributed by atoms with Gasteiger partial charge in [0.1, 0.15) is 11.5 Å². The normalized spacial score (nSPS) is 17.3. The predicted molar refractivity (Wildman–Crippen MR) is 93.0 cm³/mol. The smallest absolute Gasteiger partial charge is 0.179 e. The van der Waals surface area contributed by atoms with E-state index >= 15 is 0 Å². The first-order valence-corrected chi connectivity index (χ1v) is 8.52. The first-order chi connectivity index (χ1) is 12.3. The van der Waals surface area contributed by atoms with E-state index in [4.69, 9.17) is 14.7 Å². The molecule has 4 rings (SSSR count). The van der Waals surface area contributed by atoms with Gasteiger partial charge in [-0.05, 0) is 13.3 Å². The van der Waals surface area contributed by atoms with Gasteiger partial charge in [-0.2, -0.15) is 5.10 Å². The largest absolute Gasteiger partial charge is 0.394 e. The molecule has 2 aromatic heterocycles. The van der Waals surface area contributed by atoms with E-state index in [1.807, 2.05) is 37.3 Å². The minimum atomic E-state index is 0.00593. The molecular weight excluding hydrogens is 318 g/mol. The Labute approximate surface area is 145 Å². The van der Waals surface area contributed by atoms with Crippen LogP contribution in [-0.4, -0.2) is 49.7 Å². The van der Waals surface area contributed by atoms with Gasteiger partial charge in [0.25, 0.3) is 0 Å². The maximum atomic E-state index is 9.38. The zero-order valence-electron chi connectivity index (χ0n) is 14.1. The van der Waals surface area contributed by atoms with Gasteiger partial charge in [-0.3, -0.25) is 0 Å². The summed E-state index contributed by atoms with van der Waals surface area (Å²) in [5, 5.41) is 14.0. The van der Waals surface area contributed by atoms with Crippen molar-refractivity contribution in [2.45, 2.75) is 25.8 Å². The van der Waals surface area contributed by atoms with Crippen LogP contribution >= 0.6 is 0 Å². The average molecular weight is 339 g/mol. The number of nitrogens with zero attached hydrogens (tertiary/aromatic N) is 4. The van der Waals surface area contributed by atoms with E-state index in [0.717, 1.165) is 41.6 Å². The van der Waals surface area contributed by atoms with Crippen LogP contribution in [0.1, 0.15) is 23.9 Å². The van der Waals surface area contributed by atoms with Crippen LogP contribution in [-0.2, 0) is 11.3 Å². The van der Waals surface area contributed by atoms with Gasteiger partial charge in [-0.15, -0.1) is 0 Å². The monoisotopic (exact) mass is 339 g/mol. The second kappa shape index (κ2) is 6.78. The van der Waals surface area contributed by atoms with Gasteiger partial charge < -0.3 is 14.8 Å². The number of hydrogen-bond donors (Lipinski definition) is 2. The van der Waals surface area contributed by atoms with Crippen LogP contribution in [0.4, 0.5) is 0 Å². The molecule has 3 aromatic rings. The minimum absolute atomic E-state index is 0.00593. The van der Waals surface area contributed by atoms with Gasteiger partial charge in [0, 0.05) is 23.8 Å². The van der Waals surface area contributed by atoms with Crippen molar-refractivity contribution in [2.24, 2.45) is 0 Å². The Morgan fingerprint density at radius 2 is 2.12 bits per heavy atom. The van der Waals surface area contributed by atoms with E-state index in [1.54, 1.807) is 4.68 Å². The average Bonchev–Trinajstić information content (AvgIpc) is 3.35. The molecular formula is C18H21N5O2. The first-order valence-electron chi connectivity index (χ1n) is 8.52. The number of hydrogen-bond acceptors (Lipinski definition) is 5. The molecule has 1 fully saturated rings. The highest BCUT2D eigenvalue weighted by molar-refractivity contribution is 5.63.